The number of fused-ring (bicyclic) bond motifs is 1. The minimum absolute atomic E-state index is 0.00527. The van der Waals surface area contributed by atoms with Gasteiger partial charge in [0.25, 0.3) is 0 Å². The molecule has 146 valence electrons. The van der Waals surface area contributed by atoms with Gasteiger partial charge in [-0.25, -0.2) is 0 Å². The molecule has 0 unspecified atom stereocenters. The number of aryl methyl sites for hydroxylation is 2. The molecule has 0 spiro atoms. The van der Waals surface area contributed by atoms with Crippen molar-refractivity contribution < 1.29 is 9.84 Å². The summed E-state index contributed by atoms with van der Waals surface area (Å²) in [6.45, 7) is 6.62. The topological polar surface area (TPSA) is 29.5 Å². The van der Waals surface area contributed by atoms with E-state index in [1.807, 2.05) is 0 Å². The van der Waals surface area contributed by atoms with Gasteiger partial charge in [-0.15, -0.1) is 0 Å². The second kappa shape index (κ2) is 8.48. The first-order valence-electron chi connectivity index (χ1n) is 10.5. The quantitative estimate of drug-likeness (QED) is 0.633. The second-order valence-electron chi connectivity index (χ2n) is 8.22. The van der Waals surface area contributed by atoms with E-state index in [1.54, 1.807) is 7.11 Å². The third kappa shape index (κ3) is 3.91. The van der Waals surface area contributed by atoms with Gasteiger partial charge in [0.15, 0.2) is 0 Å². The van der Waals surface area contributed by atoms with Crippen LogP contribution in [0.3, 0.4) is 0 Å². The maximum absolute atomic E-state index is 11.8. The lowest BCUT2D eigenvalue weighted by atomic mass is 9.67. The molecule has 0 aromatic heterocycles. The number of methoxy groups -OCH3 is 1. The van der Waals surface area contributed by atoms with Crippen molar-refractivity contribution in [2.24, 2.45) is 5.41 Å². The molecule has 2 heteroatoms. The van der Waals surface area contributed by atoms with Crippen LogP contribution in [-0.4, -0.2) is 18.3 Å². The zero-order valence-electron chi connectivity index (χ0n) is 17.3. The van der Waals surface area contributed by atoms with Crippen LogP contribution < -0.4 is 4.74 Å². The Labute approximate surface area is 164 Å². The normalized spacial score (nSPS) is 24.9. The largest absolute Gasteiger partial charge is 0.497 e. The number of aliphatic hydroxyl groups excluding tert-OH is 1. The van der Waals surface area contributed by atoms with Crippen LogP contribution in [0.25, 0.3) is 0 Å². The Morgan fingerprint density at radius 1 is 1.15 bits per heavy atom. The van der Waals surface area contributed by atoms with Gasteiger partial charge in [-0.05, 0) is 66.8 Å². The van der Waals surface area contributed by atoms with Crippen LogP contribution in [0, 0.1) is 12.3 Å². The van der Waals surface area contributed by atoms with E-state index in [4.69, 9.17) is 4.74 Å². The summed E-state index contributed by atoms with van der Waals surface area (Å²) in [5, 5.41) is 11.8. The lowest BCUT2D eigenvalue weighted by Crippen LogP contribution is -2.38. The molecule has 2 nitrogen and oxygen atoms in total. The number of ether oxygens (including phenoxy) is 1. The molecule has 0 radical (unpaired) electrons. The van der Waals surface area contributed by atoms with Gasteiger partial charge in [0.2, 0.25) is 0 Å². The molecule has 2 aromatic carbocycles. The first-order valence-corrected chi connectivity index (χ1v) is 10.5. The molecule has 0 heterocycles. The van der Waals surface area contributed by atoms with E-state index >= 15 is 0 Å². The molecule has 27 heavy (non-hydrogen) atoms. The van der Waals surface area contributed by atoms with E-state index in [1.165, 1.54) is 35.1 Å². The maximum Gasteiger partial charge on any atom is 0.119 e. The highest BCUT2D eigenvalue weighted by Gasteiger charge is 2.43. The lowest BCUT2D eigenvalue weighted by Gasteiger charge is -2.40. The van der Waals surface area contributed by atoms with Crippen LogP contribution in [0.1, 0.15) is 74.1 Å². The zero-order valence-corrected chi connectivity index (χ0v) is 17.3. The third-order valence-electron chi connectivity index (χ3n) is 6.66. The number of unbranched alkanes of at least 4 members (excludes halogenated alkanes) is 1. The Kier molecular flexibility index (Phi) is 6.26. The minimum atomic E-state index is -0.385. The van der Waals surface area contributed by atoms with Crippen LogP contribution in [0.2, 0.25) is 0 Å². The Hall–Kier alpha value is -1.80. The van der Waals surface area contributed by atoms with Crippen LogP contribution >= 0.6 is 0 Å². The molecule has 0 bridgehead atoms. The van der Waals surface area contributed by atoms with Crippen molar-refractivity contribution in [3.63, 3.8) is 0 Å². The van der Waals surface area contributed by atoms with Gasteiger partial charge < -0.3 is 9.84 Å². The van der Waals surface area contributed by atoms with E-state index in [-0.39, 0.29) is 17.4 Å². The molecular formula is C25H34O2. The van der Waals surface area contributed by atoms with Crippen molar-refractivity contribution in [2.75, 3.05) is 7.11 Å². The van der Waals surface area contributed by atoms with E-state index < -0.39 is 0 Å². The van der Waals surface area contributed by atoms with Crippen molar-refractivity contribution in [2.45, 2.75) is 71.3 Å². The van der Waals surface area contributed by atoms with Crippen molar-refractivity contribution in [3.8, 4) is 5.75 Å². The predicted molar refractivity (Wildman–Crippen MR) is 113 cm³/mol. The highest BCUT2D eigenvalue weighted by atomic mass is 16.5. The highest BCUT2D eigenvalue weighted by Crippen LogP contribution is 2.49. The van der Waals surface area contributed by atoms with Crippen LogP contribution in [-0.2, 0) is 6.42 Å². The summed E-state index contributed by atoms with van der Waals surface area (Å²) in [5.74, 6) is 0.866. The standard InChI is InChI=1S/C25H34O2/c1-5-7-14-25(6-2)15-13-19-11-12-21(27-4)17-22(19)23(24(25)26)20-10-8-9-18(3)16-20/h8-12,16-17,23-24,26H,5-7,13-15H2,1-4H3/t23-,24-,25+/m0/s1. The Morgan fingerprint density at radius 2 is 1.96 bits per heavy atom. The van der Waals surface area contributed by atoms with Gasteiger partial charge >= 0.3 is 0 Å². The van der Waals surface area contributed by atoms with E-state index in [0.717, 1.165) is 31.4 Å². The monoisotopic (exact) mass is 366 g/mol. The SMILES string of the molecule is CCCC[C@]1(CC)CCc2ccc(OC)cc2[C@H](c2cccc(C)c2)[C@@H]1O. The second-order valence-corrected chi connectivity index (χ2v) is 8.22. The fourth-order valence-electron chi connectivity index (χ4n) is 4.86. The molecule has 0 saturated heterocycles. The average Bonchev–Trinajstić information content (AvgIpc) is 2.80. The van der Waals surface area contributed by atoms with E-state index in [0.29, 0.717) is 0 Å². The summed E-state index contributed by atoms with van der Waals surface area (Å²) in [6.07, 6.45) is 6.14. The van der Waals surface area contributed by atoms with Gasteiger partial charge in [0.1, 0.15) is 5.75 Å². The number of aliphatic hydroxyl groups is 1. The molecular weight excluding hydrogens is 332 g/mol. The van der Waals surface area contributed by atoms with Gasteiger partial charge in [0.05, 0.1) is 13.2 Å². The highest BCUT2D eigenvalue weighted by molar-refractivity contribution is 5.46. The summed E-state index contributed by atoms with van der Waals surface area (Å²) >= 11 is 0. The summed E-state index contributed by atoms with van der Waals surface area (Å²) in [5.41, 5.74) is 5.01. The molecule has 0 fully saturated rings. The van der Waals surface area contributed by atoms with E-state index in [9.17, 15) is 5.11 Å². The Balaban J connectivity index is 2.16. The van der Waals surface area contributed by atoms with Crippen molar-refractivity contribution in [3.05, 3.63) is 64.7 Å². The summed E-state index contributed by atoms with van der Waals surface area (Å²) in [4.78, 5) is 0. The number of hydrogen-bond acceptors (Lipinski definition) is 2. The summed E-state index contributed by atoms with van der Waals surface area (Å²) in [7, 11) is 1.72. The van der Waals surface area contributed by atoms with Gasteiger partial charge in [-0.1, -0.05) is 62.6 Å². The molecule has 1 aliphatic rings. The van der Waals surface area contributed by atoms with Crippen LogP contribution in [0.15, 0.2) is 42.5 Å². The Bertz CT molecular complexity index is 767. The number of benzene rings is 2. The van der Waals surface area contributed by atoms with Crippen LogP contribution in [0.5, 0.6) is 5.75 Å². The van der Waals surface area contributed by atoms with Gasteiger partial charge in [-0.2, -0.15) is 0 Å². The third-order valence-corrected chi connectivity index (χ3v) is 6.66. The van der Waals surface area contributed by atoms with Crippen molar-refractivity contribution >= 4 is 0 Å². The number of rotatable bonds is 6. The fraction of sp³-hybridized carbons (Fsp3) is 0.520. The predicted octanol–water partition coefficient (Wildman–Crippen LogP) is 6.03. The number of hydrogen-bond donors (Lipinski definition) is 1. The minimum Gasteiger partial charge on any atom is -0.497 e. The van der Waals surface area contributed by atoms with E-state index in [2.05, 4.69) is 63.2 Å². The first kappa shape index (κ1) is 19.9. The Morgan fingerprint density at radius 3 is 2.63 bits per heavy atom. The van der Waals surface area contributed by atoms with Crippen LogP contribution in [0.4, 0.5) is 0 Å². The molecule has 0 amide bonds. The fourth-order valence-corrected chi connectivity index (χ4v) is 4.86. The van der Waals surface area contributed by atoms with Gasteiger partial charge in [0, 0.05) is 5.92 Å². The van der Waals surface area contributed by atoms with Crippen molar-refractivity contribution in [1.29, 1.82) is 0 Å². The average molecular weight is 367 g/mol. The maximum atomic E-state index is 11.8. The summed E-state index contributed by atoms with van der Waals surface area (Å²) < 4.78 is 5.53. The molecule has 3 atom stereocenters. The summed E-state index contributed by atoms with van der Waals surface area (Å²) in [6, 6.07) is 15.1. The van der Waals surface area contributed by atoms with Gasteiger partial charge in [-0.3, -0.25) is 0 Å². The zero-order chi connectivity index (χ0) is 19.4. The molecule has 0 aliphatic heterocycles. The molecule has 0 saturated carbocycles. The smallest absolute Gasteiger partial charge is 0.119 e. The molecule has 3 rings (SSSR count). The lowest BCUT2D eigenvalue weighted by molar-refractivity contribution is -0.00158. The van der Waals surface area contributed by atoms with Crippen molar-refractivity contribution in [1.82, 2.24) is 0 Å². The molecule has 2 aromatic rings. The molecule has 1 N–H and O–H groups in total. The molecule has 1 aliphatic carbocycles. The first-order chi connectivity index (χ1) is 13.0.